The van der Waals surface area contributed by atoms with Gasteiger partial charge in [-0.25, -0.2) is 0 Å². The molecule has 0 aromatic heterocycles. The Kier molecular flexibility index (Phi) is 3.49. The fourth-order valence-electron chi connectivity index (χ4n) is 1.10. The molecule has 0 amide bonds. The Labute approximate surface area is 84.1 Å². The first-order valence-electron chi connectivity index (χ1n) is 4.55. The van der Waals surface area contributed by atoms with Crippen molar-refractivity contribution in [2.24, 2.45) is 5.73 Å². The minimum Gasteiger partial charge on any atom is -0.491 e. The van der Waals surface area contributed by atoms with Crippen LogP contribution in [0.2, 0.25) is 0 Å². The van der Waals surface area contributed by atoms with Crippen molar-refractivity contribution in [3.8, 4) is 11.8 Å². The summed E-state index contributed by atoms with van der Waals surface area (Å²) in [6.45, 7) is 3.93. The second kappa shape index (κ2) is 4.64. The number of hydrogen-bond acceptors (Lipinski definition) is 3. The smallest absolute Gasteiger partial charge is 0.119 e. The Morgan fingerprint density at radius 1 is 1.29 bits per heavy atom. The van der Waals surface area contributed by atoms with E-state index in [1.165, 1.54) is 0 Å². The molecule has 1 aromatic rings. The van der Waals surface area contributed by atoms with Crippen molar-refractivity contribution in [2.45, 2.75) is 26.0 Å². The lowest BCUT2D eigenvalue weighted by Crippen LogP contribution is -2.08. The van der Waals surface area contributed by atoms with Gasteiger partial charge in [-0.15, -0.1) is 0 Å². The predicted molar refractivity (Wildman–Crippen MR) is 54.7 cm³/mol. The van der Waals surface area contributed by atoms with E-state index in [-0.39, 0.29) is 6.10 Å². The van der Waals surface area contributed by atoms with Crippen LogP contribution in [0.3, 0.4) is 0 Å². The molecule has 1 rings (SSSR count). The maximum Gasteiger partial charge on any atom is 0.119 e. The molecule has 14 heavy (non-hydrogen) atoms. The minimum absolute atomic E-state index is 0.158. The van der Waals surface area contributed by atoms with Crippen LogP contribution in [0.5, 0.6) is 5.75 Å². The summed E-state index contributed by atoms with van der Waals surface area (Å²) in [5.74, 6) is 0.800. The van der Waals surface area contributed by atoms with Crippen molar-refractivity contribution in [3.05, 3.63) is 29.8 Å². The largest absolute Gasteiger partial charge is 0.491 e. The van der Waals surface area contributed by atoms with E-state index < -0.39 is 6.04 Å². The Morgan fingerprint density at radius 2 is 1.86 bits per heavy atom. The van der Waals surface area contributed by atoms with Crippen LogP contribution in [0.4, 0.5) is 0 Å². The lowest BCUT2D eigenvalue weighted by atomic mass is 10.1. The highest BCUT2D eigenvalue weighted by molar-refractivity contribution is 5.31. The van der Waals surface area contributed by atoms with Gasteiger partial charge in [0.15, 0.2) is 0 Å². The molecule has 0 radical (unpaired) electrons. The van der Waals surface area contributed by atoms with Gasteiger partial charge in [0.05, 0.1) is 12.2 Å². The summed E-state index contributed by atoms with van der Waals surface area (Å²) in [4.78, 5) is 0. The zero-order valence-corrected chi connectivity index (χ0v) is 8.40. The molecule has 1 aromatic carbocycles. The van der Waals surface area contributed by atoms with E-state index >= 15 is 0 Å². The van der Waals surface area contributed by atoms with Crippen LogP contribution >= 0.6 is 0 Å². The summed E-state index contributed by atoms with van der Waals surface area (Å²) < 4.78 is 5.46. The Bertz CT molecular complexity index is 324. The molecule has 74 valence electrons. The summed E-state index contributed by atoms with van der Waals surface area (Å²) >= 11 is 0. The molecule has 0 bridgehead atoms. The molecule has 1 atom stereocenters. The molecule has 0 saturated heterocycles. The van der Waals surface area contributed by atoms with Gasteiger partial charge in [0.1, 0.15) is 11.8 Å². The van der Waals surface area contributed by atoms with Crippen LogP contribution in [0.25, 0.3) is 0 Å². The average Bonchev–Trinajstić information content (AvgIpc) is 2.17. The molecule has 0 fully saturated rings. The van der Waals surface area contributed by atoms with Crippen LogP contribution < -0.4 is 10.5 Å². The lowest BCUT2D eigenvalue weighted by molar-refractivity contribution is 0.242. The number of ether oxygens (including phenoxy) is 1. The Balaban J connectivity index is 2.74. The van der Waals surface area contributed by atoms with Crippen molar-refractivity contribution in [3.63, 3.8) is 0 Å². The van der Waals surface area contributed by atoms with Gasteiger partial charge < -0.3 is 10.5 Å². The molecule has 0 aliphatic carbocycles. The third kappa shape index (κ3) is 2.75. The van der Waals surface area contributed by atoms with Crippen molar-refractivity contribution < 1.29 is 4.74 Å². The van der Waals surface area contributed by atoms with Gasteiger partial charge in [0.2, 0.25) is 0 Å². The van der Waals surface area contributed by atoms with Crippen molar-refractivity contribution in [2.75, 3.05) is 0 Å². The first-order valence-corrected chi connectivity index (χ1v) is 4.55. The summed E-state index contributed by atoms with van der Waals surface area (Å²) in [5, 5.41) is 8.60. The van der Waals surface area contributed by atoms with E-state index in [0.717, 1.165) is 11.3 Å². The maximum atomic E-state index is 8.60. The number of hydrogen-bond donors (Lipinski definition) is 1. The molecule has 3 heteroatoms. The normalized spacial score (nSPS) is 12.2. The van der Waals surface area contributed by atoms with E-state index in [2.05, 4.69) is 0 Å². The average molecular weight is 190 g/mol. The maximum absolute atomic E-state index is 8.60. The van der Waals surface area contributed by atoms with Crippen molar-refractivity contribution in [1.82, 2.24) is 0 Å². The van der Waals surface area contributed by atoms with Crippen LogP contribution in [-0.4, -0.2) is 6.10 Å². The third-order valence-electron chi connectivity index (χ3n) is 1.75. The topological polar surface area (TPSA) is 59.0 Å². The van der Waals surface area contributed by atoms with Crippen LogP contribution in [0.1, 0.15) is 25.5 Å². The predicted octanol–water partition coefficient (Wildman–Crippen LogP) is 2.00. The molecular formula is C11H14N2O. The fraction of sp³-hybridized carbons (Fsp3) is 0.364. The van der Waals surface area contributed by atoms with E-state index in [4.69, 9.17) is 15.7 Å². The second-order valence-corrected chi connectivity index (χ2v) is 3.34. The first kappa shape index (κ1) is 10.6. The summed E-state index contributed by atoms with van der Waals surface area (Å²) in [7, 11) is 0. The summed E-state index contributed by atoms with van der Waals surface area (Å²) in [6.07, 6.45) is 0.158. The minimum atomic E-state index is -0.553. The van der Waals surface area contributed by atoms with Gasteiger partial charge in [-0.1, -0.05) is 12.1 Å². The molecule has 0 aliphatic rings. The van der Waals surface area contributed by atoms with Crippen LogP contribution in [-0.2, 0) is 0 Å². The van der Waals surface area contributed by atoms with Gasteiger partial charge in [0, 0.05) is 0 Å². The standard InChI is InChI=1S/C11H14N2O/c1-8(2)14-10-5-3-9(4-6-10)11(13)7-12/h3-6,8,11H,13H2,1-2H3/t11-/m1/s1. The molecule has 0 aliphatic heterocycles. The zero-order chi connectivity index (χ0) is 10.6. The number of benzene rings is 1. The van der Waals surface area contributed by atoms with E-state index in [1.54, 1.807) is 0 Å². The van der Waals surface area contributed by atoms with Gasteiger partial charge in [0.25, 0.3) is 0 Å². The molecule has 0 heterocycles. The number of nitriles is 1. The Hall–Kier alpha value is -1.53. The van der Waals surface area contributed by atoms with Gasteiger partial charge >= 0.3 is 0 Å². The third-order valence-corrected chi connectivity index (χ3v) is 1.75. The van der Waals surface area contributed by atoms with Gasteiger partial charge in [-0.3, -0.25) is 0 Å². The van der Waals surface area contributed by atoms with Crippen molar-refractivity contribution in [1.29, 1.82) is 5.26 Å². The fourth-order valence-corrected chi connectivity index (χ4v) is 1.10. The monoisotopic (exact) mass is 190 g/mol. The Morgan fingerprint density at radius 3 is 2.29 bits per heavy atom. The number of nitrogens with zero attached hydrogens (tertiary/aromatic N) is 1. The zero-order valence-electron chi connectivity index (χ0n) is 8.40. The second-order valence-electron chi connectivity index (χ2n) is 3.34. The van der Waals surface area contributed by atoms with Crippen molar-refractivity contribution >= 4 is 0 Å². The summed E-state index contributed by atoms with van der Waals surface area (Å²) in [6, 6.07) is 8.70. The summed E-state index contributed by atoms with van der Waals surface area (Å²) in [5.41, 5.74) is 6.35. The SMILES string of the molecule is CC(C)Oc1ccc([C@H](N)C#N)cc1. The quantitative estimate of drug-likeness (QED) is 0.793. The molecular weight excluding hydrogens is 176 g/mol. The number of rotatable bonds is 3. The highest BCUT2D eigenvalue weighted by Crippen LogP contribution is 2.16. The molecule has 0 saturated carbocycles. The molecule has 2 N–H and O–H groups in total. The molecule has 0 unspecified atom stereocenters. The lowest BCUT2D eigenvalue weighted by Gasteiger charge is -2.10. The van der Waals surface area contributed by atoms with E-state index in [1.807, 2.05) is 44.2 Å². The van der Waals surface area contributed by atoms with Gasteiger partial charge in [-0.2, -0.15) is 5.26 Å². The van der Waals surface area contributed by atoms with E-state index in [9.17, 15) is 0 Å². The molecule has 3 nitrogen and oxygen atoms in total. The van der Waals surface area contributed by atoms with Crippen LogP contribution in [0, 0.1) is 11.3 Å². The van der Waals surface area contributed by atoms with Gasteiger partial charge in [-0.05, 0) is 31.5 Å². The number of nitrogens with two attached hydrogens (primary N) is 1. The highest BCUT2D eigenvalue weighted by Gasteiger charge is 2.04. The van der Waals surface area contributed by atoms with E-state index in [0.29, 0.717) is 0 Å². The van der Waals surface area contributed by atoms with Crippen LogP contribution in [0.15, 0.2) is 24.3 Å². The molecule has 0 spiro atoms. The highest BCUT2D eigenvalue weighted by atomic mass is 16.5. The first-order chi connectivity index (χ1) is 6.63.